The van der Waals surface area contributed by atoms with Crippen LogP contribution in [0.5, 0.6) is 11.5 Å². The van der Waals surface area contributed by atoms with Gasteiger partial charge in [0.15, 0.2) is 11.5 Å². The number of nitrogens with two attached hydrogens (primary N) is 1. The molecule has 0 saturated heterocycles. The van der Waals surface area contributed by atoms with Crippen LogP contribution in [0.25, 0.3) is 0 Å². The van der Waals surface area contributed by atoms with Crippen molar-refractivity contribution in [1.29, 1.82) is 0 Å². The highest BCUT2D eigenvalue weighted by Crippen LogP contribution is 2.30. The molecule has 0 fully saturated rings. The number of fused-ring (bicyclic) bond motifs is 1. The zero-order valence-electron chi connectivity index (χ0n) is 11.4. The fourth-order valence-corrected chi connectivity index (χ4v) is 1.73. The molecule has 104 valence electrons. The molecule has 3 N–H and O–H groups in total. The summed E-state index contributed by atoms with van der Waals surface area (Å²) in [6.45, 7) is 5.10. The second-order valence-electron chi connectivity index (χ2n) is 5.24. The van der Waals surface area contributed by atoms with E-state index in [0.717, 1.165) is 23.5 Å². The highest BCUT2D eigenvalue weighted by molar-refractivity contribution is 5.84. The second-order valence-corrected chi connectivity index (χ2v) is 5.24. The van der Waals surface area contributed by atoms with Crippen LogP contribution in [0.2, 0.25) is 0 Å². The van der Waals surface area contributed by atoms with E-state index in [1.165, 1.54) is 0 Å². The zero-order valence-corrected chi connectivity index (χ0v) is 11.4. The quantitative estimate of drug-likeness (QED) is 0.860. The first-order valence-corrected chi connectivity index (χ1v) is 6.42. The van der Waals surface area contributed by atoms with E-state index in [-0.39, 0.29) is 5.91 Å². The Hall–Kier alpha value is -1.75. The monoisotopic (exact) mass is 264 g/mol. The van der Waals surface area contributed by atoms with Crippen LogP contribution in [0.1, 0.15) is 25.8 Å². The number of rotatable bonds is 3. The minimum absolute atomic E-state index is 0.181. The number of amides is 1. The Balaban J connectivity index is 2.02. The predicted molar refractivity (Wildman–Crippen MR) is 72.2 cm³/mol. The first-order chi connectivity index (χ1) is 8.97. The van der Waals surface area contributed by atoms with E-state index in [1.54, 1.807) is 13.8 Å². The van der Waals surface area contributed by atoms with Gasteiger partial charge < -0.3 is 20.5 Å². The summed E-state index contributed by atoms with van der Waals surface area (Å²) < 4.78 is 11.2. The van der Waals surface area contributed by atoms with Gasteiger partial charge in [-0.25, -0.2) is 0 Å². The average molecular weight is 264 g/mol. The Morgan fingerprint density at radius 2 is 2.00 bits per heavy atom. The van der Waals surface area contributed by atoms with E-state index in [9.17, 15) is 4.79 Å². The maximum Gasteiger partial charge on any atom is 0.239 e. The Labute approximate surface area is 113 Å². The zero-order chi connectivity index (χ0) is 13.9. The number of hydrogen-bond acceptors (Lipinski definition) is 4. The molecule has 0 bridgehead atoms. The van der Waals surface area contributed by atoms with Gasteiger partial charge in [0.2, 0.25) is 5.91 Å². The largest absolute Gasteiger partial charge is 0.490 e. The van der Waals surface area contributed by atoms with Crippen LogP contribution in [-0.4, -0.2) is 24.7 Å². The number of ether oxygens (including phenoxy) is 2. The van der Waals surface area contributed by atoms with Gasteiger partial charge >= 0.3 is 0 Å². The van der Waals surface area contributed by atoms with Gasteiger partial charge in [-0.15, -0.1) is 0 Å². The van der Waals surface area contributed by atoms with Gasteiger partial charge in [-0.05, 0) is 31.5 Å². The minimum atomic E-state index is -0.870. The lowest BCUT2D eigenvalue weighted by Gasteiger charge is -2.18. The van der Waals surface area contributed by atoms with Crippen LogP contribution in [0.3, 0.4) is 0 Å². The third kappa shape index (κ3) is 3.61. The molecule has 1 aliphatic heterocycles. The average Bonchev–Trinajstić information content (AvgIpc) is 2.59. The van der Waals surface area contributed by atoms with Gasteiger partial charge in [-0.2, -0.15) is 0 Å². The summed E-state index contributed by atoms with van der Waals surface area (Å²) in [5.74, 6) is 1.31. The van der Waals surface area contributed by atoms with Crippen LogP contribution in [0.4, 0.5) is 0 Å². The first kappa shape index (κ1) is 13.7. The Bertz CT molecular complexity index is 466. The molecular weight excluding hydrogens is 244 g/mol. The van der Waals surface area contributed by atoms with Crippen LogP contribution in [-0.2, 0) is 11.3 Å². The van der Waals surface area contributed by atoms with Crippen molar-refractivity contribution in [1.82, 2.24) is 5.32 Å². The van der Waals surface area contributed by atoms with Crippen LogP contribution in [0.15, 0.2) is 18.2 Å². The van der Waals surface area contributed by atoms with Crippen molar-refractivity contribution in [3.63, 3.8) is 0 Å². The summed E-state index contributed by atoms with van der Waals surface area (Å²) in [6.07, 6.45) is 0.877. The van der Waals surface area contributed by atoms with Gasteiger partial charge in [-0.1, -0.05) is 6.07 Å². The summed E-state index contributed by atoms with van der Waals surface area (Å²) in [5.41, 5.74) is 5.81. The van der Waals surface area contributed by atoms with Crippen molar-refractivity contribution in [2.24, 2.45) is 5.73 Å². The number of benzene rings is 1. The van der Waals surface area contributed by atoms with E-state index in [1.807, 2.05) is 18.2 Å². The van der Waals surface area contributed by atoms with Gasteiger partial charge in [0.1, 0.15) is 0 Å². The number of nitrogens with one attached hydrogen (secondary N) is 1. The molecule has 1 aromatic carbocycles. The maximum absolute atomic E-state index is 11.7. The van der Waals surface area contributed by atoms with E-state index in [0.29, 0.717) is 19.8 Å². The molecular formula is C14H20N2O3. The second kappa shape index (κ2) is 5.48. The lowest BCUT2D eigenvalue weighted by Crippen LogP contribution is -2.48. The first-order valence-electron chi connectivity index (χ1n) is 6.42. The van der Waals surface area contributed by atoms with Crippen molar-refractivity contribution < 1.29 is 14.3 Å². The molecule has 0 aromatic heterocycles. The van der Waals surface area contributed by atoms with Crippen molar-refractivity contribution >= 4 is 5.91 Å². The van der Waals surface area contributed by atoms with E-state index in [4.69, 9.17) is 15.2 Å². The fraction of sp³-hybridized carbons (Fsp3) is 0.500. The highest BCUT2D eigenvalue weighted by Gasteiger charge is 2.21. The van der Waals surface area contributed by atoms with Crippen LogP contribution in [0, 0.1) is 0 Å². The number of carbonyl (C=O) groups is 1. The molecule has 0 atom stereocenters. The standard InChI is InChI=1S/C14H20N2O3/c1-14(2,15)13(17)16-9-10-4-5-11-12(8-10)19-7-3-6-18-11/h4-5,8H,3,6-7,9,15H2,1-2H3,(H,16,17). The molecule has 1 aromatic rings. The topological polar surface area (TPSA) is 73.6 Å². The number of hydrogen-bond donors (Lipinski definition) is 2. The molecule has 0 saturated carbocycles. The summed E-state index contributed by atoms with van der Waals surface area (Å²) >= 11 is 0. The van der Waals surface area contributed by atoms with Gasteiger partial charge in [0, 0.05) is 13.0 Å². The third-order valence-corrected chi connectivity index (χ3v) is 2.85. The molecule has 0 unspecified atom stereocenters. The molecule has 5 heteroatoms. The summed E-state index contributed by atoms with van der Waals surface area (Å²) in [6, 6.07) is 5.68. The Morgan fingerprint density at radius 1 is 1.32 bits per heavy atom. The van der Waals surface area contributed by atoms with E-state index >= 15 is 0 Å². The molecule has 1 aliphatic rings. The minimum Gasteiger partial charge on any atom is -0.490 e. The van der Waals surface area contributed by atoms with E-state index < -0.39 is 5.54 Å². The molecule has 5 nitrogen and oxygen atoms in total. The molecule has 0 radical (unpaired) electrons. The normalized spacial score (nSPS) is 14.7. The Kier molecular flexibility index (Phi) is 3.95. The Morgan fingerprint density at radius 3 is 2.68 bits per heavy atom. The molecule has 0 aliphatic carbocycles. The van der Waals surface area contributed by atoms with Gasteiger partial charge in [-0.3, -0.25) is 4.79 Å². The summed E-state index contributed by atoms with van der Waals surface area (Å²) in [5, 5.41) is 2.80. The third-order valence-electron chi connectivity index (χ3n) is 2.85. The molecule has 1 heterocycles. The van der Waals surface area contributed by atoms with Crippen molar-refractivity contribution in [3.8, 4) is 11.5 Å². The van der Waals surface area contributed by atoms with Crippen LogP contribution < -0.4 is 20.5 Å². The predicted octanol–water partition coefficient (Wildman–Crippen LogP) is 1.20. The summed E-state index contributed by atoms with van der Waals surface area (Å²) in [7, 11) is 0. The van der Waals surface area contributed by atoms with Crippen molar-refractivity contribution in [2.75, 3.05) is 13.2 Å². The maximum atomic E-state index is 11.7. The lowest BCUT2D eigenvalue weighted by atomic mass is 10.1. The molecule has 19 heavy (non-hydrogen) atoms. The lowest BCUT2D eigenvalue weighted by molar-refractivity contribution is -0.125. The highest BCUT2D eigenvalue weighted by atomic mass is 16.5. The molecule has 1 amide bonds. The van der Waals surface area contributed by atoms with Gasteiger partial charge in [0.25, 0.3) is 0 Å². The van der Waals surface area contributed by atoms with Crippen molar-refractivity contribution in [2.45, 2.75) is 32.4 Å². The SMILES string of the molecule is CC(C)(N)C(=O)NCc1ccc2c(c1)OCCCO2. The van der Waals surface area contributed by atoms with Gasteiger partial charge in [0.05, 0.1) is 18.8 Å². The number of carbonyl (C=O) groups excluding carboxylic acids is 1. The fourth-order valence-electron chi connectivity index (χ4n) is 1.73. The van der Waals surface area contributed by atoms with Crippen LogP contribution >= 0.6 is 0 Å². The molecule has 0 spiro atoms. The summed E-state index contributed by atoms with van der Waals surface area (Å²) in [4.78, 5) is 11.7. The van der Waals surface area contributed by atoms with Crippen molar-refractivity contribution in [3.05, 3.63) is 23.8 Å². The molecule has 2 rings (SSSR count). The smallest absolute Gasteiger partial charge is 0.239 e. The van der Waals surface area contributed by atoms with E-state index in [2.05, 4.69) is 5.32 Å².